The minimum absolute atomic E-state index is 0.00544. The zero-order valence-corrected chi connectivity index (χ0v) is 21.8. The molecule has 2 atom stereocenters. The summed E-state index contributed by atoms with van der Waals surface area (Å²) in [5.41, 5.74) is -0.0485. The first-order valence-corrected chi connectivity index (χ1v) is 13.3. The summed E-state index contributed by atoms with van der Waals surface area (Å²) < 4.78 is 11.9. The number of carbonyl (C=O) groups excluding carboxylic acids is 3. The minimum Gasteiger partial charge on any atom is -0.376 e. The predicted molar refractivity (Wildman–Crippen MR) is 139 cm³/mol. The maximum Gasteiger partial charge on any atom is 0.256 e. The Kier molecular flexibility index (Phi) is 7.72. The highest BCUT2D eigenvalue weighted by atomic mass is 35.5. The second kappa shape index (κ2) is 11.0. The third-order valence-corrected chi connectivity index (χ3v) is 8.07. The average Bonchev–Trinajstić information content (AvgIpc) is 3.57. The molecule has 37 heavy (non-hydrogen) atoms. The van der Waals surface area contributed by atoms with Gasteiger partial charge in [-0.15, -0.1) is 0 Å². The molecule has 0 radical (unpaired) electrons. The van der Waals surface area contributed by atoms with Crippen LogP contribution in [0.2, 0.25) is 10.0 Å². The molecule has 0 saturated carbocycles. The second-order valence-electron chi connectivity index (χ2n) is 9.62. The molecule has 1 spiro atoms. The van der Waals surface area contributed by atoms with Gasteiger partial charge < -0.3 is 19.7 Å². The van der Waals surface area contributed by atoms with Crippen LogP contribution in [0.15, 0.2) is 48.5 Å². The Morgan fingerprint density at radius 3 is 2.41 bits per heavy atom. The van der Waals surface area contributed by atoms with E-state index in [-0.39, 0.29) is 30.4 Å². The van der Waals surface area contributed by atoms with Crippen molar-refractivity contribution in [2.24, 2.45) is 0 Å². The van der Waals surface area contributed by atoms with Gasteiger partial charge >= 0.3 is 0 Å². The number of hydrogen-bond donors (Lipinski definition) is 1. The summed E-state index contributed by atoms with van der Waals surface area (Å²) in [6, 6.07) is 12.9. The van der Waals surface area contributed by atoms with Crippen molar-refractivity contribution in [3.63, 3.8) is 0 Å². The van der Waals surface area contributed by atoms with Gasteiger partial charge in [-0.3, -0.25) is 19.3 Å². The van der Waals surface area contributed by atoms with Crippen LogP contribution in [-0.2, 0) is 14.3 Å². The molecule has 5 rings (SSSR count). The molecule has 8 nitrogen and oxygen atoms in total. The fourth-order valence-electron chi connectivity index (χ4n) is 5.30. The maximum atomic E-state index is 13.7. The van der Waals surface area contributed by atoms with E-state index in [9.17, 15) is 14.4 Å². The minimum atomic E-state index is -0.979. The average molecular weight is 546 g/mol. The fraction of sp³-hybridized carbons (Fsp3) is 0.444. The van der Waals surface area contributed by atoms with Gasteiger partial charge in [-0.1, -0.05) is 41.4 Å². The quantitative estimate of drug-likeness (QED) is 0.617. The molecule has 3 saturated heterocycles. The fourth-order valence-corrected chi connectivity index (χ4v) is 5.59. The van der Waals surface area contributed by atoms with Crippen molar-refractivity contribution in [3.8, 4) is 0 Å². The predicted octanol–water partition coefficient (Wildman–Crippen LogP) is 3.76. The lowest BCUT2D eigenvalue weighted by atomic mass is 9.96. The molecular formula is C27H29Cl2N3O5. The Labute approximate surface area is 225 Å². The number of ether oxygens (including phenoxy) is 2. The van der Waals surface area contributed by atoms with Gasteiger partial charge in [0.1, 0.15) is 11.8 Å². The molecule has 1 N–H and O–H groups in total. The largest absolute Gasteiger partial charge is 0.376 e. The lowest BCUT2D eigenvalue weighted by Gasteiger charge is -2.44. The molecule has 3 heterocycles. The van der Waals surface area contributed by atoms with E-state index >= 15 is 0 Å². The summed E-state index contributed by atoms with van der Waals surface area (Å²) in [7, 11) is 0. The van der Waals surface area contributed by atoms with E-state index in [1.165, 1.54) is 0 Å². The summed E-state index contributed by atoms with van der Waals surface area (Å²) in [5.74, 6) is -0.691. The highest BCUT2D eigenvalue weighted by Gasteiger charge is 2.54. The van der Waals surface area contributed by atoms with Crippen molar-refractivity contribution < 1.29 is 23.9 Å². The van der Waals surface area contributed by atoms with Crippen LogP contribution in [0.1, 0.15) is 46.4 Å². The van der Waals surface area contributed by atoms with Crippen LogP contribution in [0.25, 0.3) is 0 Å². The number of benzene rings is 2. The van der Waals surface area contributed by atoms with Crippen molar-refractivity contribution in [1.29, 1.82) is 0 Å². The molecular weight excluding hydrogens is 517 g/mol. The van der Waals surface area contributed by atoms with Crippen LogP contribution in [0, 0.1) is 0 Å². The van der Waals surface area contributed by atoms with Crippen LogP contribution in [0.4, 0.5) is 0 Å². The van der Waals surface area contributed by atoms with Crippen molar-refractivity contribution >= 4 is 40.9 Å². The van der Waals surface area contributed by atoms with Gasteiger partial charge in [0.2, 0.25) is 5.91 Å². The molecule has 196 valence electrons. The molecule has 2 aromatic carbocycles. The first-order chi connectivity index (χ1) is 17.9. The lowest BCUT2D eigenvalue weighted by molar-refractivity contribution is -0.128. The van der Waals surface area contributed by atoms with Gasteiger partial charge in [0.15, 0.2) is 0 Å². The Balaban J connectivity index is 1.33. The maximum absolute atomic E-state index is 13.7. The Morgan fingerprint density at radius 2 is 1.73 bits per heavy atom. The van der Waals surface area contributed by atoms with E-state index in [0.717, 1.165) is 12.8 Å². The number of carbonyl (C=O) groups is 3. The first-order valence-electron chi connectivity index (χ1n) is 12.5. The summed E-state index contributed by atoms with van der Waals surface area (Å²) in [6.07, 6.45) is 2.64. The topological polar surface area (TPSA) is 88.2 Å². The highest BCUT2D eigenvalue weighted by molar-refractivity contribution is 6.42. The van der Waals surface area contributed by atoms with Gasteiger partial charge in [-0.05, 0) is 43.2 Å². The molecule has 0 unspecified atom stereocenters. The van der Waals surface area contributed by atoms with Gasteiger partial charge in [0.25, 0.3) is 11.8 Å². The molecule has 0 bridgehead atoms. The van der Waals surface area contributed by atoms with Gasteiger partial charge in [-0.2, -0.15) is 0 Å². The number of likely N-dealkylation sites (tertiary alicyclic amines) is 1. The summed E-state index contributed by atoms with van der Waals surface area (Å²) in [4.78, 5) is 43.4. The standard InChI is InChI=1S/C27H29Cl2N3O5/c28-21-9-8-19(15-22(21)29)25(34)31-12-10-27(11-13-31)32(26(35)18-5-2-1-3-6-18)23(17-37-27)24(33)30-16-20-7-4-14-36-20/h1-3,5-6,8-9,15,20,23H,4,7,10-14,16-17H2,(H,30,33)/t20-,23-/m1/s1. The molecule has 3 amide bonds. The Hall–Kier alpha value is -2.65. The Morgan fingerprint density at radius 1 is 0.973 bits per heavy atom. The molecule has 3 fully saturated rings. The summed E-state index contributed by atoms with van der Waals surface area (Å²) >= 11 is 12.1. The van der Waals surface area contributed by atoms with E-state index in [1.54, 1.807) is 52.3 Å². The smallest absolute Gasteiger partial charge is 0.256 e. The van der Waals surface area contributed by atoms with Gasteiger partial charge in [-0.25, -0.2) is 0 Å². The van der Waals surface area contributed by atoms with Crippen LogP contribution >= 0.6 is 23.2 Å². The van der Waals surface area contributed by atoms with E-state index in [4.69, 9.17) is 32.7 Å². The number of amides is 3. The summed E-state index contributed by atoms with van der Waals surface area (Å²) in [6.45, 7) is 1.92. The third-order valence-electron chi connectivity index (χ3n) is 7.33. The number of rotatable bonds is 5. The lowest BCUT2D eigenvalue weighted by Crippen LogP contribution is -2.60. The third kappa shape index (κ3) is 5.34. The molecule has 3 aliphatic rings. The van der Waals surface area contributed by atoms with Crippen molar-refractivity contribution in [1.82, 2.24) is 15.1 Å². The van der Waals surface area contributed by atoms with E-state index in [2.05, 4.69) is 5.32 Å². The van der Waals surface area contributed by atoms with Crippen molar-refractivity contribution in [2.45, 2.75) is 43.6 Å². The number of piperidine rings is 1. The summed E-state index contributed by atoms with van der Waals surface area (Å²) in [5, 5.41) is 3.66. The molecule has 0 aliphatic carbocycles. The first kappa shape index (κ1) is 26.0. The number of nitrogens with one attached hydrogen (secondary N) is 1. The van der Waals surface area contributed by atoms with Crippen molar-refractivity contribution in [2.75, 3.05) is 32.8 Å². The Bertz CT molecular complexity index is 1160. The SMILES string of the molecule is O=C(NC[C@H]1CCCO1)[C@H]1COC2(CCN(C(=O)c3ccc(Cl)c(Cl)c3)CC2)N1C(=O)c1ccccc1. The second-order valence-corrected chi connectivity index (χ2v) is 10.4. The van der Waals surface area contributed by atoms with Crippen LogP contribution in [0.5, 0.6) is 0 Å². The number of halogens is 2. The van der Waals surface area contributed by atoms with Gasteiger partial charge in [0.05, 0.1) is 22.8 Å². The molecule has 10 heteroatoms. The van der Waals surface area contributed by atoms with Crippen LogP contribution in [-0.4, -0.2) is 78.2 Å². The zero-order valence-electron chi connectivity index (χ0n) is 20.3. The normalized spacial score (nSPS) is 22.9. The van der Waals surface area contributed by atoms with E-state index in [0.29, 0.717) is 60.3 Å². The number of nitrogens with zero attached hydrogens (tertiary/aromatic N) is 2. The molecule has 2 aromatic rings. The van der Waals surface area contributed by atoms with E-state index in [1.807, 2.05) is 6.07 Å². The van der Waals surface area contributed by atoms with Crippen LogP contribution < -0.4 is 5.32 Å². The number of hydrogen-bond acceptors (Lipinski definition) is 5. The zero-order chi connectivity index (χ0) is 26.0. The molecule has 0 aromatic heterocycles. The van der Waals surface area contributed by atoms with E-state index < -0.39 is 11.8 Å². The highest BCUT2D eigenvalue weighted by Crippen LogP contribution is 2.39. The van der Waals surface area contributed by atoms with Gasteiger partial charge in [0, 0.05) is 50.2 Å². The monoisotopic (exact) mass is 545 g/mol. The van der Waals surface area contributed by atoms with Crippen molar-refractivity contribution in [3.05, 3.63) is 69.7 Å². The van der Waals surface area contributed by atoms with Crippen LogP contribution in [0.3, 0.4) is 0 Å². The molecule has 3 aliphatic heterocycles.